The minimum Gasteiger partial charge on any atom is -0.490 e. The molecule has 0 heterocycles. The molecule has 0 radical (unpaired) electrons. The zero-order valence-corrected chi connectivity index (χ0v) is 11.0. The minimum absolute atomic E-state index is 0.180. The van der Waals surface area contributed by atoms with Gasteiger partial charge in [0, 0.05) is 16.2 Å². The van der Waals surface area contributed by atoms with Gasteiger partial charge in [0.25, 0.3) is 0 Å². The first-order valence-electron chi connectivity index (χ1n) is 5.85. The van der Waals surface area contributed by atoms with Gasteiger partial charge in [0.15, 0.2) is 11.6 Å². The summed E-state index contributed by atoms with van der Waals surface area (Å²) >= 11 is 1.65. The molecule has 0 fully saturated rings. The van der Waals surface area contributed by atoms with E-state index in [1.54, 1.807) is 11.8 Å². The number of thioether (sulfide) groups is 1. The molecule has 0 aliphatic carbocycles. The molecule has 0 aliphatic heterocycles. The van der Waals surface area contributed by atoms with Crippen molar-refractivity contribution in [1.82, 2.24) is 0 Å². The molecule has 2 aromatic carbocycles. The predicted molar refractivity (Wildman–Crippen MR) is 74.4 cm³/mol. The van der Waals surface area contributed by atoms with Crippen molar-refractivity contribution >= 4 is 18.0 Å². The van der Waals surface area contributed by atoms with Crippen molar-refractivity contribution in [3.05, 3.63) is 59.9 Å². The van der Waals surface area contributed by atoms with E-state index in [0.717, 1.165) is 10.6 Å². The number of halogens is 1. The molecule has 2 nitrogen and oxygen atoms in total. The third kappa shape index (κ3) is 4.10. The van der Waals surface area contributed by atoms with Crippen LogP contribution in [-0.2, 0) is 0 Å². The highest BCUT2D eigenvalue weighted by Gasteiger charge is 2.04. The van der Waals surface area contributed by atoms with E-state index in [1.807, 2.05) is 30.3 Å². The van der Waals surface area contributed by atoms with Gasteiger partial charge in [-0.15, -0.1) is 11.8 Å². The fourth-order valence-corrected chi connectivity index (χ4v) is 2.29. The molecule has 0 N–H and O–H groups in total. The van der Waals surface area contributed by atoms with Crippen LogP contribution in [-0.4, -0.2) is 18.6 Å². The number of carbonyl (C=O) groups is 1. The van der Waals surface area contributed by atoms with Crippen LogP contribution in [0.3, 0.4) is 0 Å². The van der Waals surface area contributed by atoms with Gasteiger partial charge in [-0.05, 0) is 30.3 Å². The Hall–Kier alpha value is -1.81. The topological polar surface area (TPSA) is 26.3 Å². The maximum atomic E-state index is 13.5. The fraction of sp³-hybridized carbons (Fsp3) is 0.133. The third-order valence-electron chi connectivity index (χ3n) is 2.44. The number of carbonyl (C=O) groups excluding carboxylic acids is 1. The van der Waals surface area contributed by atoms with E-state index in [9.17, 15) is 9.18 Å². The van der Waals surface area contributed by atoms with Crippen LogP contribution in [0.25, 0.3) is 0 Å². The van der Waals surface area contributed by atoms with E-state index in [4.69, 9.17) is 4.74 Å². The Morgan fingerprint density at radius 2 is 1.95 bits per heavy atom. The molecule has 0 aromatic heterocycles. The molecule has 2 rings (SSSR count). The van der Waals surface area contributed by atoms with Gasteiger partial charge in [-0.1, -0.05) is 18.2 Å². The van der Waals surface area contributed by atoms with Crippen molar-refractivity contribution in [2.45, 2.75) is 4.90 Å². The van der Waals surface area contributed by atoms with Gasteiger partial charge in [-0.2, -0.15) is 0 Å². The van der Waals surface area contributed by atoms with Crippen molar-refractivity contribution in [1.29, 1.82) is 0 Å². The molecule has 0 unspecified atom stereocenters. The fourth-order valence-electron chi connectivity index (χ4n) is 1.54. The van der Waals surface area contributed by atoms with Gasteiger partial charge < -0.3 is 4.74 Å². The zero-order chi connectivity index (χ0) is 13.5. The lowest BCUT2D eigenvalue weighted by atomic mass is 10.2. The number of benzene rings is 2. The highest BCUT2D eigenvalue weighted by molar-refractivity contribution is 7.99. The molecule has 19 heavy (non-hydrogen) atoms. The van der Waals surface area contributed by atoms with Crippen LogP contribution in [0, 0.1) is 5.82 Å². The van der Waals surface area contributed by atoms with E-state index in [0.29, 0.717) is 18.5 Å². The van der Waals surface area contributed by atoms with E-state index in [-0.39, 0.29) is 5.75 Å². The summed E-state index contributed by atoms with van der Waals surface area (Å²) in [5.41, 5.74) is 0.309. The van der Waals surface area contributed by atoms with Crippen LogP contribution in [0.5, 0.6) is 5.75 Å². The van der Waals surface area contributed by atoms with E-state index >= 15 is 0 Å². The van der Waals surface area contributed by atoms with Crippen LogP contribution in [0.1, 0.15) is 10.4 Å². The van der Waals surface area contributed by atoms with Gasteiger partial charge in [0.05, 0.1) is 6.61 Å². The quantitative estimate of drug-likeness (QED) is 0.456. The third-order valence-corrected chi connectivity index (χ3v) is 3.42. The summed E-state index contributed by atoms with van der Waals surface area (Å²) in [5.74, 6) is 0.410. The molecule has 0 bridgehead atoms. The molecule has 0 saturated carbocycles. The summed E-state index contributed by atoms with van der Waals surface area (Å²) < 4.78 is 18.8. The highest BCUT2D eigenvalue weighted by atomic mass is 32.2. The monoisotopic (exact) mass is 276 g/mol. The van der Waals surface area contributed by atoms with Crippen molar-refractivity contribution in [2.24, 2.45) is 0 Å². The maximum absolute atomic E-state index is 13.5. The Morgan fingerprint density at radius 3 is 2.63 bits per heavy atom. The molecule has 0 saturated heterocycles. The Labute approximate surface area is 115 Å². The molecular formula is C15H13FO2S. The second kappa shape index (κ2) is 6.95. The van der Waals surface area contributed by atoms with Crippen molar-refractivity contribution in [3.63, 3.8) is 0 Å². The number of ether oxygens (including phenoxy) is 1. The minimum atomic E-state index is -0.505. The van der Waals surface area contributed by atoms with Gasteiger partial charge in [0.2, 0.25) is 0 Å². The summed E-state index contributed by atoms with van der Waals surface area (Å²) in [6.45, 7) is 0.414. The molecule has 0 aliphatic rings. The Bertz CT molecular complexity index is 543. The second-order valence-electron chi connectivity index (χ2n) is 3.82. The van der Waals surface area contributed by atoms with Crippen LogP contribution < -0.4 is 4.74 Å². The number of rotatable bonds is 6. The number of hydrogen-bond acceptors (Lipinski definition) is 3. The summed E-state index contributed by atoms with van der Waals surface area (Å²) in [5, 5.41) is 0. The average molecular weight is 276 g/mol. The zero-order valence-electron chi connectivity index (χ0n) is 10.2. The van der Waals surface area contributed by atoms with Gasteiger partial charge in [-0.3, -0.25) is 4.79 Å². The van der Waals surface area contributed by atoms with Gasteiger partial charge in [-0.25, -0.2) is 4.39 Å². The molecule has 0 spiro atoms. The summed E-state index contributed by atoms with van der Waals surface area (Å²) in [7, 11) is 0. The predicted octanol–water partition coefficient (Wildman–Crippen LogP) is 3.81. The number of aldehydes is 1. The Balaban J connectivity index is 1.81. The lowest BCUT2D eigenvalue weighted by Crippen LogP contribution is -2.02. The normalized spacial score (nSPS) is 10.2. The first-order chi connectivity index (χ1) is 9.29. The summed E-state index contributed by atoms with van der Waals surface area (Å²) in [4.78, 5) is 11.6. The molecule has 0 amide bonds. The Morgan fingerprint density at radius 1 is 1.16 bits per heavy atom. The standard InChI is InChI=1S/C15H13FO2S/c16-14-10-12(11-17)6-7-15(14)18-8-9-19-13-4-2-1-3-5-13/h1-7,10-11H,8-9H2. The summed E-state index contributed by atoms with van der Waals surface area (Å²) in [6.07, 6.45) is 0.609. The smallest absolute Gasteiger partial charge is 0.165 e. The molecule has 98 valence electrons. The number of hydrogen-bond donors (Lipinski definition) is 0. The first kappa shape index (κ1) is 13.6. The second-order valence-corrected chi connectivity index (χ2v) is 4.99. The highest BCUT2D eigenvalue weighted by Crippen LogP contribution is 2.20. The van der Waals surface area contributed by atoms with E-state index < -0.39 is 5.82 Å². The van der Waals surface area contributed by atoms with Crippen molar-refractivity contribution in [2.75, 3.05) is 12.4 Å². The maximum Gasteiger partial charge on any atom is 0.165 e. The van der Waals surface area contributed by atoms with E-state index in [1.165, 1.54) is 18.2 Å². The van der Waals surface area contributed by atoms with Gasteiger partial charge in [0.1, 0.15) is 6.29 Å². The molecule has 4 heteroatoms. The molecule has 2 aromatic rings. The SMILES string of the molecule is O=Cc1ccc(OCCSc2ccccc2)c(F)c1. The molecule has 0 atom stereocenters. The lowest BCUT2D eigenvalue weighted by molar-refractivity contribution is 0.112. The largest absolute Gasteiger partial charge is 0.490 e. The lowest BCUT2D eigenvalue weighted by Gasteiger charge is -2.07. The van der Waals surface area contributed by atoms with Crippen molar-refractivity contribution in [3.8, 4) is 5.75 Å². The Kier molecular flexibility index (Phi) is 4.98. The van der Waals surface area contributed by atoms with Gasteiger partial charge >= 0.3 is 0 Å². The van der Waals surface area contributed by atoms with E-state index in [2.05, 4.69) is 0 Å². The molecular weight excluding hydrogens is 263 g/mol. The summed E-state index contributed by atoms with van der Waals surface area (Å²) in [6, 6.07) is 14.1. The average Bonchev–Trinajstić information content (AvgIpc) is 2.46. The van der Waals surface area contributed by atoms with Crippen molar-refractivity contribution < 1.29 is 13.9 Å². The van der Waals surface area contributed by atoms with Crippen LogP contribution in [0.4, 0.5) is 4.39 Å². The van der Waals surface area contributed by atoms with Crippen LogP contribution in [0.2, 0.25) is 0 Å². The van der Waals surface area contributed by atoms with Crippen LogP contribution >= 0.6 is 11.8 Å². The first-order valence-corrected chi connectivity index (χ1v) is 6.83. The van der Waals surface area contributed by atoms with Crippen LogP contribution in [0.15, 0.2) is 53.4 Å².